The fourth-order valence-corrected chi connectivity index (χ4v) is 2.38. The number of anilines is 2. The molecule has 2 aromatic rings. The molecule has 0 aromatic carbocycles. The highest BCUT2D eigenvalue weighted by Gasteiger charge is 2.19. The van der Waals surface area contributed by atoms with Gasteiger partial charge in [0.1, 0.15) is 5.82 Å². The molecule has 0 aliphatic rings. The monoisotopic (exact) mass is 256 g/mol. The van der Waals surface area contributed by atoms with Crippen molar-refractivity contribution in [2.75, 3.05) is 10.5 Å². The number of nitrogens with one attached hydrogen (secondary N) is 2. The van der Waals surface area contributed by atoms with Gasteiger partial charge >= 0.3 is 0 Å². The first-order valence-corrected chi connectivity index (χ1v) is 6.20. The van der Waals surface area contributed by atoms with Crippen molar-refractivity contribution >= 4 is 21.5 Å². The van der Waals surface area contributed by atoms with Gasteiger partial charge in [-0.15, -0.1) is 0 Å². The van der Waals surface area contributed by atoms with Crippen molar-refractivity contribution in [2.45, 2.75) is 11.9 Å². The summed E-state index contributed by atoms with van der Waals surface area (Å²) in [6.07, 6.45) is 2.61. The topological polar surface area (TPSA) is 119 Å². The standard InChI is InChI=1S/C8H12N6O2S/c1-5-10-4-7(12-5)17(15,16)13-8-6(9)3-11-14(8)2/h3-4,13H,9H2,1-2H3,(H,10,12). The molecule has 4 N–H and O–H groups in total. The van der Waals surface area contributed by atoms with Crippen molar-refractivity contribution in [3.8, 4) is 0 Å². The van der Waals surface area contributed by atoms with E-state index in [4.69, 9.17) is 5.73 Å². The van der Waals surface area contributed by atoms with Crippen LogP contribution in [0.5, 0.6) is 0 Å². The van der Waals surface area contributed by atoms with E-state index in [1.165, 1.54) is 17.1 Å². The number of aromatic nitrogens is 4. The number of nitrogens with zero attached hydrogens (tertiary/aromatic N) is 3. The third-order valence-corrected chi connectivity index (χ3v) is 3.42. The maximum absolute atomic E-state index is 11.9. The molecule has 0 fully saturated rings. The molecule has 0 aliphatic carbocycles. The second-order valence-corrected chi connectivity index (χ2v) is 5.16. The van der Waals surface area contributed by atoms with Gasteiger partial charge in [-0.05, 0) is 6.92 Å². The molecule has 9 heteroatoms. The first kappa shape index (κ1) is 11.5. The first-order chi connectivity index (χ1) is 7.90. The molecule has 0 saturated heterocycles. The maximum Gasteiger partial charge on any atom is 0.280 e. The van der Waals surface area contributed by atoms with Crippen LogP contribution in [0.2, 0.25) is 0 Å². The number of nitrogen functional groups attached to an aromatic ring is 1. The van der Waals surface area contributed by atoms with Crippen LogP contribution in [0.25, 0.3) is 0 Å². The van der Waals surface area contributed by atoms with Crippen LogP contribution in [0.1, 0.15) is 5.82 Å². The molecule has 92 valence electrons. The van der Waals surface area contributed by atoms with E-state index >= 15 is 0 Å². The molecule has 0 bridgehead atoms. The van der Waals surface area contributed by atoms with Gasteiger partial charge in [0.05, 0.1) is 18.1 Å². The number of hydrogen-bond acceptors (Lipinski definition) is 5. The Morgan fingerprint density at radius 3 is 2.65 bits per heavy atom. The Bertz CT molecular complexity index is 621. The van der Waals surface area contributed by atoms with Gasteiger partial charge in [-0.2, -0.15) is 13.5 Å². The summed E-state index contributed by atoms with van der Waals surface area (Å²) in [5, 5.41) is 3.82. The SMILES string of the molecule is Cc1ncc(S(=O)(=O)Nc2c(N)cnn2C)[nH]1. The zero-order chi connectivity index (χ0) is 12.6. The third kappa shape index (κ3) is 2.09. The number of aromatic amines is 1. The molecule has 2 aromatic heterocycles. The van der Waals surface area contributed by atoms with E-state index in [1.54, 1.807) is 14.0 Å². The number of nitrogens with two attached hydrogens (primary N) is 1. The van der Waals surface area contributed by atoms with Crippen LogP contribution in [0.15, 0.2) is 17.4 Å². The fraction of sp³-hybridized carbons (Fsp3) is 0.250. The minimum absolute atomic E-state index is 0.0180. The van der Waals surface area contributed by atoms with Crippen molar-refractivity contribution in [3.05, 3.63) is 18.2 Å². The lowest BCUT2D eigenvalue weighted by Crippen LogP contribution is -2.16. The predicted octanol–water partition coefficient (Wildman–Crippen LogP) is -0.165. The summed E-state index contributed by atoms with van der Waals surface area (Å²) in [4.78, 5) is 6.46. The normalized spacial score (nSPS) is 11.6. The summed E-state index contributed by atoms with van der Waals surface area (Å²) in [6, 6.07) is 0. The van der Waals surface area contributed by atoms with E-state index in [0.717, 1.165) is 0 Å². The van der Waals surface area contributed by atoms with Crippen LogP contribution < -0.4 is 10.5 Å². The van der Waals surface area contributed by atoms with Gasteiger partial charge < -0.3 is 10.7 Å². The number of sulfonamides is 1. The Hall–Kier alpha value is -2.03. The smallest absolute Gasteiger partial charge is 0.280 e. The van der Waals surface area contributed by atoms with Gasteiger partial charge in [0.2, 0.25) is 0 Å². The van der Waals surface area contributed by atoms with Gasteiger partial charge in [0.15, 0.2) is 10.8 Å². The van der Waals surface area contributed by atoms with Crippen LogP contribution in [-0.2, 0) is 17.1 Å². The molecular weight excluding hydrogens is 244 g/mol. The summed E-state index contributed by atoms with van der Waals surface area (Å²) in [7, 11) is -2.13. The molecule has 8 nitrogen and oxygen atoms in total. The van der Waals surface area contributed by atoms with Crippen molar-refractivity contribution in [2.24, 2.45) is 7.05 Å². The Kier molecular flexibility index (Phi) is 2.54. The van der Waals surface area contributed by atoms with E-state index in [1.807, 2.05) is 0 Å². The minimum Gasteiger partial charge on any atom is -0.394 e. The highest BCUT2D eigenvalue weighted by atomic mass is 32.2. The molecule has 17 heavy (non-hydrogen) atoms. The number of hydrogen-bond donors (Lipinski definition) is 3. The van der Waals surface area contributed by atoms with Gasteiger partial charge in [-0.1, -0.05) is 0 Å². The summed E-state index contributed by atoms with van der Waals surface area (Å²) >= 11 is 0. The highest BCUT2D eigenvalue weighted by Crippen LogP contribution is 2.19. The van der Waals surface area contributed by atoms with Gasteiger partial charge in [-0.25, -0.2) is 4.98 Å². The number of aryl methyl sites for hydroxylation is 2. The summed E-state index contributed by atoms with van der Waals surface area (Å²) in [6.45, 7) is 1.66. The average molecular weight is 256 g/mol. The molecule has 0 spiro atoms. The van der Waals surface area contributed by atoms with E-state index in [-0.39, 0.29) is 16.5 Å². The summed E-state index contributed by atoms with van der Waals surface area (Å²) in [5.74, 6) is 0.737. The Balaban J connectivity index is 2.36. The third-order valence-electron chi connectivity index (χ3n) is 2.17. The zero-order valence-electron chi connectivity index (χ0n) is 9.30. The zero-order valence-corrected chi connectivity index (χ0v) is 10.1. The minimum atomic E-state index is -3.72. The van der Waals surface area contributed by atoms with E-state index in [9.17, 15) is 8.42 Å². The van der Waals surface area contributed by atoms with Crippen molar-refractivity contribution in [3.63, 3.8) is 0 Å². The Labute approximate surface area is 97.9 Å². The van der Waals surface area contributed by atoms with E-state index < -0.39 is 10.0 Å². The van der Waals surface area contributed by atoms with Crippen molar-refractivity contribution in [1.82, 2.24) is 19.7 Å². The molecular formula is C8H12N6O2S. The van der Waals surface area contributed by atoms with Gasteiger partial charge in [-0.3, -0.25) is 9.40 Å². The van der Waals surface area contributed by atoms with Crippen LogP contribution in [0.4, 0.5) is 11.5 Å². The number of H-pyrrole nitrogens is 1. The fourth-order valence-electron chi connectivity index (χ4n) is 1.30. The van der Waals surface area contributed by atoms with Crippen LogP contribution in [0.3, 0.4) is 0 Å². The first-order valence-electron chi connectivity index (χ1n) is 4.72. The van der Waals surface area contributed by atoms with E-state index in [0.29, 0.717) is 5.82 Å². The molecule has 0 atom stereocenters. The van der Waals surface area contributed by atoms with Gasteiger partial charge in [0.25, 0.3) is 10.0 Å². The van der Waals surface area contributed by atoms with Crippen LogP contribution in [-0.4, -0.2) is 28.2 Å². The van der Waals surface area contributed by atoms with E-state index in [2.05, 4.69) is 19.8 Å². The second kappa shape index (κ2) is 3.77. The van der Waals surface area contributed by atoms with Crippen molar-refractivity contribution < 1.29 is 8.42 Å². The lowest BCUT2D eigenvalue weighted by atomic mass is 10.5. The van der Waals surface area contributed by atoms with Gasteiger partial charge in [0, 0.05) is 7.05 Å². The number of imidazole rings is 1. The van der Waals surface area contributed by atoms with Crippen LogP contribution >= 0.6 is 0 Å². The number of rotatable bonds is 3. The predicted molar refractivity (Wildman–Crippen MR) is 61.8 cm³/mol. The summed E-state index contributed by atoms with van der Waals surface area (Å²) < 4.78 is 27.6. The molecule has 0 aliphatic heterocycles. The summed E-state index contributed by atoms with van der Waals surface area (Å²) in [5.41, 5.74) is 5.85. The lowest BCUT2D eigenvalue weighted by molar-refractivity contribution is 0.597. The average Bonchev–Trinajstić information content (AvgIpc) is 2.80. The van der Waals surface area contributed by atoms with Crippen molar-refractivity contribution in [1.29, 1.82) is 0 Å². The molecule has 0 unspecified atom stereocenters. The molecule has 2 heterocycles. The second-order valence-electron chi connectivity index (χ2n) is 3.51. The van der Waals surface area contributed by atoms with Crippen LogP contribution in [0, 0.1) is 6.92 Å². The lowest BCUT2D eigenvalue weighted by Gasteiger charge is -2.06. The quantitative estimate of drug-likeness (QED) is 0.704. The molecule has 0 saturated carbocycles. The maximum atomic E-state index is 11.9. The molecule has 2 rings (SSSR count). The Morgan fingerprint density at radius 2 is 2.18 bits per heavy atom. The molecule has 0 radical (unpaired) electrons. The Morgan fingerprint density at radius 1 is 1.47 bits per heavy atom. The highest BCUT2D eigenvalue weighted by molar-refractivity contribution is 7.92. The largest absolute Gasteiger partial charge is 0.394 e. The molecule has 0 amide bonds.